The number of halogens is 1. The number of ether oxygens (including phenoxy) is 2. The summed E-state index contributed by atoms with van der Waals surface area (Å²) in [4.78, 5) is 26.5. The highest BCUT2D eigenvalue weighted by atomic mass is 35.5. The topological polar surface area (TPSA) is 55.8 Å². The Morgan fingerprint density at radius 3 is 2.62 bits per heavy atom. The maximum Gasteiger partial charge on any atom is 0.339 e. The number of hydrogen-bond acceptors (Lipinski definition) is 4. The molecule has 0 fully saturated rings. The van der Waals surface area contributed by atoms with E-state index in [1.165, 1.54) is 7.11 Å². The van der Waals surface area contributed by atoms with Crippen LogP contribution in [0.25, 0.3) is 11.1 Å². The molecule has 5 nitrogen and oxygen atoms in total. The second kappa shape index (κ2) is 10.3. The second-order valence-corrected chi connectivity index (χ2v) is 9.31. The first-order chi connectivity index (χ1) is 16.4. The monoisotopic (exact) mass is 477 g/mol. The van der Waals surface area contributed by atoms with Gasteiger partial charge >= 0.3 is 5.97 Å². The van der Waals surface area contributed by atoms with Gasteiger partial charge in [0.05, 0.1) is 17.7 Å². The Balaban J connectivity index is 1.45. The molecule has 1 amide bonds. The quantitative estimate of drug-likeness (QED) is 0.353. The third-order valence-corrected chi connectivity index (χ3v) is 6.30. The fraction of sp³-hybridized carbons (Fsp3) is 0.286. The summed E-state index contributed by atoms with van der Waals surface area (Å²) in [6, 6.07) is 18.9. The number of carbonyl (C=O) groups excluding carboxylic acids is 2. The first-order valence-corrected chi connectivity index (χ1v) is 11.8. The van der Waals surface area contributed by atoms with E-state index < -0.39 is 5.97 Å². The van der Waals surface area contributed by atoms with E-state index in [-0.39, 0.29) is 5.91 Å². The van der Waals surface area contributed by atoms with Gasteiger partial charge in [0.15, 0.2) is 0 Å². The number of nitrogens with zero attached hydrogens (tertiary/aromatic N) is 1. The van der Waals surface area contributed by atoms with Crippen LogP contribution in [-0.4, -0.2) is 30.4 Å². The molecular weight excluding hydrogens is 450 g/mol. The number of fused-ring (bicyclic) bond motifs is 1. The number of methoxy groups -OCH3 is 1. The highest BCUT2D eigenvalue weighted by Crippen LogP contribution is 2.29. The van der Waals surface area contributed by atoms with E-state index in [9.17, 15) is 9.59 Å². The van der Waals surface area contributed by atoms with Gasteiger partial charge in [-0.25, -0.2) is 4.79 Å². The molecule has 0 spiro atoms. The third-order valence-electron chi connectivity index (χ3n) is 5.97. The van der Waals surface area contributed by atoms with Crippen LogP contribution in [0.5, 0.6) is 5.75 Å². The van der Waals surface area contributed by atoms with Gasteiger partial charge in [-0.1, -0.05) is 49.7 Å². The average Bonchev–Trinajstić information content (AvgIpc) is 3.16. The van der Waals surface area contributed by atoms with Crippen LogP contribution in [0.2, 0.25) is 5.02 Å². The van der Waals surface area contributed by atoms with E-state index in [4.69, 9.17) is 21.1 Å². The Labute approximate surface area is 205 Å². The molecule has 0 radical (unpaired) electrons. The van der Waals surface area contributed by atoms with Crippen molar-refractivity contribution < 1.29 is 19.1 Å². The fourth-order valence-corrected chi connectivity index (χ4v) is 4.21. The number of benzene rings is 3. The first-order valence-electron chi connectivity index (χ1n) is 11.4. The summed E-state index contributed by atoms with van der Waals surface area (Å²) in [5, 5.41) is 0.355. The summed E-state index contributed by atoms with van der Waals surface area (Å²) in [5.74, 6) is 0.932. The van der Waals surface area contributed by atoms with Crippen LogP contribution in [0.15, 0.2) is 60.7 Å². The number of esters is 1. The third kappa shape index (κ3) is 5.26. The number of amides is 1. The molecule has 0 aliphatic carbocycles. The zero-order valence-corrected chi connectivity index (χ0v) is 20.4. The molecule has 0 saturated heterocycles. The summed E-state index contributed by atoms with van der Waals surface area (Å²) in [7, 11) is 1.33. The zero-order valence-electron chi connectivity index (χ0n) is 19.6. The molecular formula is C28H28ClNO4. The van der Waals surface area contributed by atoms with Gasteiger partial charge in [-0.3, -0.25) is 4.79 Å². The van der Waals surface area contributed by atoms with E-state index in [0.717, 1.165) is 46.5 Å². The summed E-state index contributed by atoms with van der Waals surface area (Å²) in [6.45, 7) is 6.12. The fourth-order valence-electron chi connectivity index (χ4n) is 4.02. The minimum atomic E-state index is -0.468. The average molecular weight is 478 g/mol. The van der Waals surface area contributed by atoms with Gasteiger partial charge < -0.3 is 14.4 Å². The predicted octanol–water partition coefficient (Wildman–Crippen LogP) is 6.37. The van der Waals surface area contributed by atoms with Crippen molar-refractivity contribution in [3.8, 4) is 16.9 Å². The lowest BCUT2D eigenvalue weighted by Crippen LogP contribution is -2.25. The minimum absolute atomic E-state index is 0.101. The van der Waals surface area contributed by atoms with Gasteiger partial charge in [0, 0.05) is 18.7 Å². The van der Waals surface area contributed by atoms with Crippen molar-refractivity contribution in [1.82, 2.24) is 4.90 Å². The van der Waals surface area contributed by atoms with Gasteiger partial charge in [-0.05, 0) is 71.0 Å². The van der Waals surface area contributed by atoms with Crippen molar-refractivity contribution in [2.75, 3.05) is 13.7 Å². The van der Waals surface area contributed by atoms with Gasteiger partial charge in [-0.15, -0.1) is 0 Å². The van der Waals surface area contributed by atoms with Crippen molar-refractivity contribution in [3.05, 3.63) is 87.9 Å². The molecule has 3 aromatic carbocycles. The second-order valence-electron chi connectivity index (χ2n) is 8.90. The molecule has 1 heterocycles. The van der Waals surface area contributed by atoms with Crippen LogP contribution in [0.3, 0.4) is 0 Å². The summed E-state index contributed by atoms with van der Waals surface area (Å²) >= 11 is 6.15. The predicted molar refractivity (Wildman–Crippen MR) is 133 cm³/mol. The molecule has 1 aliphatic heterocycles. The molecule has 0 bridgehead atoms. The van der Waals surface area contributed by atoms with Gasteiger partial charge in [-0.2, -0.15) is 0 Å². The Morgan fingerprint density at radius 2 is 1.85 bits per heavy atom. The first kappa shape index (κ1) is 23.8. The molecule has 6 heteroatoms. The highest BCUT2D eigenvalue weighted by molar-refractivity contribution is 6.33. The van der Waals surface area contributed by atoms with Crippen LogP contribution >= 0.6 is 11.6 Å². The maximum atomic E-state index is 12.6. The van der Waals surface area contributed by atoms with E-state index in [1.54, 1.807) is 12.1 Å². The Kier molecular flexibility index (Phi) is 7.23. The lowest BCUT2D eigenvalue weighted by Gasteiger charge is -2.16. The lowest BCUT2D eigenvalue weighted by atomic mass is 10.0. The number of hydrogen-bond donors (Lipinski definition) is 0. The molecule has 0 N–H and O–H groups in total. The molecule has 0 unspecified atom stereocenters. The van der Waals surface area contributed by atoms with Gasteiger partial charge in [0.2, 0.25) is 0 Å². The lowest BCUT2D eigenvalue weighted by molar-refractivity contribution is 0.0600. The SMILES string of the molecule is COC(=O)c1cc(-c2cccc(COc3ccc4c(c3)CN(CCC(C)C)C4=O)c2)ccc1Cl. The smallest absolute Gasteiger partial charge is 0.339 e. The van der Waals surface area contributed by atoms with Crippen LogP contribution in [0, 0.1) is 5.92 Å². The van der Waals surface area contributed by atoms with Crippen LogP contribution in [0.4, 0.5) is 0 Å². The van der Waals surface area contributed by atoms with Crippen LogP contribution in [-0.2, 0) is 17.9 Å². The van der Waals surface area contributed by atoms with Crippen molar-refractivity contribution in [3.63, 3.8) is 0 Å². The molecule has 0 aromatic heterocycles. The standard InChI is InChI=1S/C28H28ClNO4/c1-18(2)11-12-30-16-22-14-23(8-9-24(22)27(30)31)34-17-19-5-4-6-20(13-19)21-7-10-26(29)25(15-21)28(32)33-3/h4-10,13-15,18H,11-12,16-17H2,1-3H3. The summed E-state index contributed by atoms with van der Waals surface area (Å²) in [5.41, 5.74) is 4.91. The molecule has 4 rings (SSSR count). The summed E-state index contributed by atoms with van der Waals surface area (Å²) < 4.78 is 10.9. The van der Waals surface area contributed by atoms with Crippen molar-refractivity contribution in [2.45, 2.75) is 33.4 Å². The normalized spacial score (nSPS) is 12.7. The number of rotatable bonds is 8. The largest absolute Gasteiger partial charge is 0.489 e. The molecule has 0 saturated carbocycles. The summed E-state index contributed by atoms with van der Waals surface area (Å²) in [6.07, 6.45) is 0.994. The molecule has 34 heavy (non-hydrogen) atoms. The van der Waals surface area contributed by atoms with Crippen molar-refractivity contribution >= 4 is 23.5 Å². The van der Waals surface area contributed by atoms with Crippen LogP contribution < -0.4 is 4.74 Å². The van der Waals surface area contributed by atoms with Gasteiger partial charge in [0.25, 0.3) is 5.91 Å². The molecule has 1 aliphatic rings. The Morgan fingerprint density at radius 1 is 1.06 bits per heavy atom. The Bertz CT molecular complexity index is 1220. The molecule has 3 aromatic rings. The van der Waals surface area contributed by atoms with E-state index in [1.807, 2.05) is 53.4 Å². The van der Waals surface area contributed by atoms with Gasteiger partial charge in [0.1, 0.15) is 12.4 Å². The zero-order chi connectivity index (χ0) is 24.2. The molecule has 0 atom stereocenters. The Hall–Kier alpha value is -3.31. The van der Waals surface area contributed by atoms with Crippen LogP contribution in [0.1, 0.15) is 52.1 Å². The highest BCUT2D eigenvalue weighted by Gasteiger charge is 2.27. The van der Waals surface area contributed by atoms with E-state index in [2.05, 4.69) is 13.8 Å². The number of carbonyl (C=O) groups is 2. The van der Waals surface area contributed by atoms with E-state index >= 15 is 0 Å². The van der Waals surface area contributed by atoms with Crippen molar-refractivity contribution in [2.24, 2.45) is 5.92 Å². The minimum Gasteiger partial charge on any atom is -0.489 e. The van der Waals surface area contributed by atoms with E-state index in [0.29, 0.717) is 29.7 Å². The van der Waals surface area contributed by atoms with Crippen molar-refractivity contribution in [1.29, 1.82) is 0 Å². The molecule has 176 valence electrons. The maximum absolute atomic E-state index is 12.6.